The Morgan fingerprint density at radius 3 is 2.43 bits per heavy atom. The molecule has 0 bridgehead atoms. The highest BCUT2D eigenvalue weighted by Gasteiger charge is 2.18. The van der Waals surface area contributed by atoms with E-state index in [4.69, 9.17) is 0 Å². The number of hydrogen-bond acceptors (Lipinski definition) is 4. The van der Waals surface area contributed by atoms with Gasteiger partial charge in [0.25, 0.3) is 0 Å². The number of aryl methyl sites for hydroxylation is 1. The lowest BCUT2D eigenvalue weighted by Crippen LogP contribution is -2.08. The number of nitrogens with one attached hydrogen (secondary N) is 1. The van der Waals surface area contributed by atoms with Crippen LogP contribution in [0.25, 0.3) is 6.08 Å². The maximum Gasteiger partial charge on any atom is 0.248 e. The van der Waals surface area contributed by atoms with Gasteiger partial charge in [-0.2, -0.15) is 0 Å². The Morgan fingerprint density at radius 1 is 1.07 bits per heavy atom. The molecule has 0 unspecified atom stereocenters. The maximum atomic E-state index is 13.4. The summed E-state index contributed by atoms with van der Waals surface area (Å²) in [6, 6.07) is 13.0. The zero-order valence-corrected chi connectivity index (χ0v) is 15.8. The molecule has 1 N–H and O–H groups in total. The van der Waals surface area contributed by atoms with E-state index in [1.807, 2.05) is 6.07 Å². The van der Waals surface area contributed by atoms with Gasteiger partial charge in [-0.25, -0.2) is 12.8 Å². The van der Waals surface area contributed by atoms with Gasteiger partial charge in [-0.1, -0.05) is 6.07 Å². The Labute approximate surface area is 162 Å². The molecule has 7 heteroatoms. The Kier molecular flexibility index (Phi) is 5.65. The zero-order chi connectivity index (χ0) is 20.1. The van der Waals surface area contributed by atoms with Crippen LogP contribution < -0.4 is 5.32 Å². The van der Waals surface area contributed by atoms with Gasteiger partial charge in [0.15, 0.2) is 0 Å². The maximum absolute atomic E-state index is 13.4. The van der Waals surface area contributed by atoms with Gasteiger partial charge in [-0.3, -0.25) is 9.78 Å². The van der Waals surface area contributed by atoms with Crippen molar-refractivity contribution in [2.75, 3.05) is 5.32 Å². The first kappa shape index (κ1) is 19.4. The number of carbonyl (C=O) groups is 1. The van der Waals surface area contributed by atoms with Crippen molar-refractivity contribution in [3.63, 3.8) is 0 Å². The molecule has 0 saturated carbocycles. The van der Waals surface area contributed by atoms with Gasteiger partial charge >= 0.3 is 0 Å². The van der Waals surface area contributed by atoms with Crippen LogP contribution in [0.2, 0.25) is 0 Å². The minimum Gasteiger partial charge on any atom is -0.323 e. The Bertz CT molecular complexity index is 1130. The first-order chi connectivity index (χ1) is 13.4. The van der Waals surface area contributed by atoms with Crippen molar-refractivity contribution >= 4 is 27.5 Å². The van der Waals surface area contributed by atoms with Crippen LogP contribution in [-0.4, -0.2) is 19.3 Å². The molecule has 0 radical (unpaired) electrons. The summed E-state index contributed by atoms with van der Waals surface area (Å²) in [6.07, 6.45) is 6.25. The molecule has 0 atom stereocenters. The van der Waals surface area contributed by atoms with Crippen LogP contribution in [0.5, 0.6) is 0 Å². The Balaban J connectivity index is 1.73. The van der Waals surface area contributed by atoms with Crippen LogP contribution in [0.15, 0.2) is 82.9 Å². The molecule has 1 aromatic heterocycles. The van der Waals surface area contributed by atoms with Gasteiger partial charge in [0.2, 0.25) is 15.7 Å². The number of nitrogens with zero attached hydrogens (tertiary/aromatic N) is 1. The molecular formula is C21H17FN2O3S. The molecule has 1 heterocycles. The van der Waals surface area contributed by atoms with Crippen molar-refractivity contribution in [3.8, 4) is 0 Å². The predicted molar refractivity (Wildman–Crippen MR) is 105 cm³/mol. The molecule has 0 spiro atoms. The molecule has 1 amide bonds. The molecule has 5 nitrogen and oxygen atoms in total. The predicted octanol–water partition coefficient (Wildman–Crippen LogP) is 4.01. The van der Waals surface area contributed by atoms with Crippen LogP contribution in [0.3, 0.4) is 0 Å². The normalized spacial score (nSPS) is 11.5. The average Bonchev–Trinajstić information content (AvgIpc) is 2.69. The second kappa shape index (κ2) is 8.14. The summed E-state index contributed by atoms with van der Waals surface area (Å²) < 4.78 is 38.7. The molecule has 2 aromatic carbocycles. The standard InChI is InChI=1S/C21H17FN2O3S/c1-15-13-19(9-10-20(15)22)28(26,27)18-7-5-17(6-8-18)24-21(25)11-4-16-3-2-12-23-14-16/h2-14H,1H3,(H,24,25). The van der Waals surface area contributed by atoms with Crippen LogP contribution in [0.1, 0.15) is 11.1 Å². The van der Waals surface area contributed by atoms with Crippen molar-refractivity contribution in [2.24, 2.45) is 0 Å². The number of pyridine rings is 1. The molecule has 3 rings (SSSR count). The Morgan fingerprint density at radius 2 is 1.79 bits per heavy atom. The summed E-state index contributed by atoms with van der Waals surface area (Å²) in [7, 11) is -3.77. The second-order valence-corrected chi connectivity index (χ2v) is 8.00. The van der Waals surface area contributed by atoms with E-state index >= 15 is 0 Å². The van der Waals surface area contributed by atoms with E-state index in [0.717, 1.165) is 11.6 Å². The summed E-state index contributed by atoms with van der Waals surface area (Å²) >= 11 is 0. The topological polar surface area (TPSA) is 76.1 Å². The van der Waals surface area contributed by atoms with Gasteiger partial charge in [0.05, 0.1) is 9.79 Å². The van der Waals surface area contributed by atoms with Gasteiger partial charge < -0.3 is 5.32 Å². The number of carbonyl (C=O) groups excluding carboxylic acids is 1. The van der Waals surface area contributed by atoms with Crippen LogP contribution in [0, 0.1) is 12.7 Å². The lowest BCUT2D eigenvalue weighted by Gasteiger charge is -2.08. The first-order valence-corrected chi connectivity index (χ1v) is 9.85. The van der Waals surface area contributed by atoms with Crippen molar-refractivity contribution < 1.29 is 17.6 Å². The molecule has 0 aliphatic carbocycles. The van der Waals surface area contributed by atoms with Gasteiger partial charge in [-0.05, 0) is 72.7 Å². The van der Waals surface area contributed by atoms with Crippen LogP contribution in [0.4, 0.5) is 10.1 Å². The summed E-state index contributed by atoms with van der Waals surface area (Å²) in [5.74, 6) is -0.815. The number of benzene rings is 2. The van der Waals surface area contributed by atoms with E-state index in [2.05, 4.69) is 10.3 Å². The largest absolute Gasteiger partial charge is 0.323 e. The quantitative estimate of drug-likeness (QED) is 0.522. The third-order valence-electron chi connectivity index (χ3n) is 3.98. The third kappa shape index (κ3) is 4.50. The van der Waals surface area contributed by atoms with E-state index in [0.29, 0.717) is 5.69 Å². The molecule has 3 aromatic rings. The van der Waals surface area contributed by atoms with Gasteiger partial charge in [0, 0.05) is 24.2 Å². The van der Waals surface area contributed by atoms with Crippen molar-refractivity contribution in [1.29, 1.82) is 0 Å². The fraction of sp³-hybridized carbons (Fsp3) is 0.0476. The minimum absolute atomic E-state index is 0.0163. The molecular weight excluding hydrogens is 379 g/mol. The molecule has 142 valence electrons. The molecule has 0 fully saturated rings. The first-order valence-electron chi connectivity index (χ1n) is 8.37. The minimum atomic E-state index is -3.77. The highest BCUT2D eigenvalue weighted by Crippen LogP contribution is 2.24. The number of hydrogen-bond donors (Lipinski definition) is 1. The van der Waals surface area contributed by atoms with Gasteiger partial charge in [-0.15, -0.1) is 0 Å². The molecule has 0 saturated heterocycles. The lowest BCUT2D eigenvalue weighted by molar-refractivity contribution is -0.111. The summed E-state index contributed by atoms with van der Waals surface area (Å²) in [6.45, 7) is 1.51. The molecule has 28 heavy (non-hydrogen) atoms. The van der Waals surface area contributed by atoms with Crippen LogP contribution in [-0.2, 0) is 14.6 Å². The monoisotopic (exact) mass is 396 g/mol. The number of amides is 1. The number of rotatable bonds is 5. The van der Waals surface area contributed by atoms with Crippen molar-refractivity contribution in [3.05, 3.63) is 90.0 Å². The fourth-order valence-electron chi connectivity index (χ4n) is 2.47. The van der Waals surface area contributed by atoms with Crippen molar-refractivity contribution in [1.82, 2.24) is 4.98 Å². The SMILES string of the molecule is Cc1cc(S(=O)(=O)c2ccc(NC(=O)C=Cc3cccnc3)cc2)ccc1F. The number of aromatic nitrogens is 1. The molecule has 0 aliphatic heterocycles. The van der Waals surface area contributed by atoms with E-state index in [1.54, 1.807) is 24.5 Å². The second-order valence-electron chi connectivity index (χ2n) is 6.05. The van der Waals surface area contributed by atoms with Crippen LogP contribution >= 0.6 is 0 Å². The fourth-order valence-corrected chi connectivity index (χ4v) is 3.81. The number of sulfone groups is 1. The average molecular weight is 396 g/mol. The Hall–Kier alpha value is -3.32. The smallest absolute Gasteiger partial charge is 0.248 e. The van der Waals surface area contributed by atoms with E-state index in [-0.39, 0.29) is 21.3 Å². The lowest BCUT2D eigenvalue weighted by atomic mass is 10.2. The van der Waals surface area contributed by atoms with E-state index in [1.165, 1.54) is 49.4 Å². The van der Waals surface area contributed by atoms with Gasteiger partial charge in [0.1, 0.15) is 5.82 Å². The van der Waals surface area contributed by atoms with E-state index in [9.17, 15) is 17.6 Å². The third-order valence-corrected chi connectivity index (χ3v) is 5.75. The molecule has 0 aliphatic rings. The summed E-state index contributed by atoms with van der Waals surface area (Å²) in [5, 5.41) is 2.66. The summed E-state index contributed by atoms with van der Waals surface area (Å²) in [4.78, 5) is 16.0. The van der Waals surface area contributed by atoms with E-state index < -0.39 is 15.7 Å². The number of halogens is 1. The highest BCUT2D eigenvalue weighted by atomic mass is 32.2. The highest BCUT2D eigenvalue weighted by molar-refractivity contribution is 7.91. The number of anilines is 1. The zero-order valence-electron chi connectivity index (χ0n) is 15.0. The summed E-state index contributed by atoms with van der Waals surface area (Å²) in [5.41, 5.74) is 1.49. The van der Waals surface area contributed by atoms with Crippen molar-refractivity contribution in [2.45, 2.75) is 16.7 Å².